The van der Waals surface area contributed by atoms with Crippen LogP contribution in [0.4, 0.5) is 43.4 Å². The lowest BCUT2D eigenvalue weighted by Crippen LogP contribution is -2.46. The largest absolute Gasteiger partial charge is 0.391 e. The first-order valence-electron chi connectivity index (χ1n) is 20.8. The Morgan fingerprint density at radius 1 is 0.581 bits per heavy atom. The Kier molecular flexibility index (Phi) is 15.2. The topological polar surface area (TPSA) is 213 Å². The summed E-state index contributed by atoms with van der Waals surface area (Å²) in [4.78, 5) is 58.4. The number of hydrogen-bond acceptors (Lipinski definition) is 16. The highest BCUT2D eigenvalue weighted by molar-refractivity contribution is 6.05. The third-order valence-electron chi connectivity index (χ3n) is 10.8. The number of pyridine rings is 2. The van der Waals surface area contributed by atoms with Gasteiger partial charge < -0.3 is 41.3 Å². The Labute approximate surface area is 358 Å². The average Bonchev–Trinajstić information content (AvgIpc) is 3.29. The van der Waals surface area contributed by atoms with E-state index in [1.54, 1.807) is 0 Å². The second-order valence-electron chi connectivity index (χ2n) is 15.2. The van der Waals surface area contributed by atoms with Crippen LogP contribution in [0.3, 0.4) is 0 Å². The van der Waals surface area contributed by atoms with Crippen molar-refractivity contribution >= 4 is 46.5 Å². The first-order valence-corrected chi connectivity index (χ1v) is 20.8. The SMILES string of the molecule is O=C1Nc2cnc(F)cc2N2CCN(C/C=C/CCC(O)CNc3nccc1n3)CC2.O=C1Nc2cnc(F)cc2N2CCN(C/C=C\CCC(O)CNc3nccc1n3)CC2. The van der Waals surface area contributed by atoms with Crippen molar-refractivity contribution in [2.45, 2.75) is 37.9 Å². The molecule has 0 aliphatic carbocycles. The molecule has 2 unspecified atom stereocenters. The average molecular weight is 855 g/mol. The fourth-order valence-electron chi connectivity index (χ4n) is 7.29. The molecule has 4 aromatic heterocycles. The maximum Gasteiger partial charge on any atom is 0.274 e. The van der Waals surface area contributed by atoms with Crippen molar-refractivity contribution in [3.05, 3.63) is 96.6 Å². The fraction of sp³-hybridized carbons (Fsp3) is 0.429. The Morgan fingerprint density at radius 2 is 1.00 bits per heavy atom. The van der Waals surface area contributed by atoms with Gasteiger partial charge in [0.1, 0.15) is 11.4 Å². The third kappa shape index (κ3) is 12.4. The van der Waals surface area contributed by atoms with E-state index in [1.807, 2.05) is 0 Å². The van der Waals surface area contributed by atoms with E-state index in [9.17, 15) is 28.6 Å². The van der Waals surface area contributed by atoms with Gasteiger partial charge in [-0.1, -0.05) is 24.3 Å². The molecule has 2 amide bonds. The van der Waals surface area contributed by atoms with E-state index in [0.717, 1.165) is 52.1 Å². The molecule has 8 bridgehead atoms. The van der Waals surface area contributed by atoms with Crippen LogP contribution in [0.15, 0.2) is 73.4 Å². The number of nitrogens with zero attached hydrogens (tertiary/aromatic N) is 10. The molecule has 0 aromatic carbocycles. The Hall–Kier alpha value is -6.22. The summed E-state index contributed by atoms with van der Waals surface area (Å²) in [5.74, 6) is -1.56. The molecule has 62 heavy (non-hydrogen) atoms. The van der Waals surface area contributed by atoms with Crippen LogP contribution >= 0.6 is 0 Å². The van der Waals surface area contributed by atoms with Gasteiger partial charge in [-0.05, 0) is 37.8 Å². The standard InChI is InChI=1S/2C21H26FN7O2/c2*22-19-12-18-17(14-24-19)26-20(31)16-5-6-23-21(27-16)25-13-15(30)4-2-1-3-7-28-8-10-29(18)11-9-28/h2*1,3,5-6,12,14-15,30H,2,4,7-11,13H2,(H,26,31)(H,23,25,27)/b3-1+;3-1-. The lowest BCUT2D eigenvalue weighted by molar-refractivity contribution is 0.101. The van der Waals surface area contributed by atoms with Gasteiger partial charge in [-0.25, -0.2) is 29.9 Å². The Morgan fingerprint density at radius 3 is 1.42 bits per heavy atom. The normalized spacial score (nSPS) is 23.5. The van der Waals surface area contributed by atoms with Crippen LogP contribution < -0.4 is 31.1 Å². The molecule has 6 N–H and O–H groups in total. The van der Waals surface area contributed by atoms with Gasteiger partial charge in [-0.3, -0.25) is 19.4 Å². The number of fused-ring (bicyclic) bond motifs is 18. The lowest BCUT2D eigenvalue weighted by atomic mass is 10.2. The summed E-state index contributed by atoms with van der Waals surface area (Å²) in [5.41, 5.74) is 2.39. The number of piperazine rings is 2. The second kappa shape index (κ2) is 21.5. The molecule has 20 heteroatoms. The van der Waals surface area contributed by atoms with Gasteiger partial charge in [0.15, 0.2) is 0 Å². The first kappa shape index (κ1) is 43.9. The van der Waals surface area contributed by atoms with Gasteiger partial charge in [-0.15, -0.1) is 0 Å². The fourth-order valence-corrected chi connectivity index (χ4v) is 7.29. The zero-order valence-electron chi connectivity index (χ0n) is 34.3. The van der Waals surface area contributed by atoms with Crippen LogP contribution in [0, 0.1) is 11.9 Å². The van der Waals surface area contributed by atoms with Crippen LogP contribution in [0.5, 0.6) is 0 Å². The van der Waals surface area contributed by atoms with E-state index in [2.05, 4.69) is 95.1 Å². The number of halogens is 2. The van der Waals surface area contributed by atoms with Crippen LogP contribution in [-0.4, -0.2) is 152 Å². The molecule has 2 atom stereocenters. The summed E-state index contributed by atoms with van der Waals surface area (Å²) in [7, 11) is 0. The third-order valence-corrected chi connectivity index (χ3v) is 10.8. The van der Waals surface area contributed by atoms with Crippen LogP contribution in [0.25, 0.3) is 0 Å². The van der Waals surface area contributed by atoms with Crippen molar-refractivity contribution in [2.75, 3.05) is 110 Å². The molecule has 2 fully saturated rings. The number of aromatic nitrogens is 6. The molecule has 4 aromatic rings. The van der Waals surface area contributed by atoms with Crippen molar-refractivity contribution in [3.63, 3.8) is 0 Å². The highest BCUT2D eigenvalue weighted by atomic mass is 19.1. The Bertz CT molecular complexity index is 2050. The van der Waals surface area contributed by atoms with Crippen molar-refractivity contribution in [1.29, 1.82) is 0 Å². The van der Waals surface area contributed by atoms with Crippen LogP contribution in [-0.2, 0) is 0 Å². The van der Waals surface area contributed by atoms with Crippen LogP contribution in [0.1, 0.15) is 46.7 Å². The maximum atomic E-state index is 13.9. The van der Waals surface area contributed by atoms with Crippen molar-refractivity contribution < 1.29 is 28.6 Å². The lowest BCUT2D eigenvalue weighted by Gasteiger charge is -2.36. The summed E-state index contributed by atoms with van der Waals surface area (Å²) in [6, 6.07) is 5.70. The maximum absolute atomic E-state index is 13.9. The summed E-state index contributed by atoms with van der Waals surface area (Å²) in [5, 5.41) is 31.9. The number of amides is 2. The quantitative estimate of drug-likeness (QED) is 0.111. The van der Waals surface area contributed by atoms with Gasteiger partial charge in [0.2, 0.25) is 23.8 Å². The van der Waals surface area contributed by atoms with Gasteiger partial charge in [0.05, 0.1) is 47.4 Å². The zero-order valence-corrected chi connectivity index (χ0v) is 34.3. The van der Waals surface area contributed by atoms with Gasteiger partial charge in [-0.2, -0.15) is 8.78 Å². The molecule has 0 radical (unpaired) electrons. The number of nitrogens with one attached hydrogen (secondary N) is 4. The van der Waals surface area contributed by atoms with Crippen molar-refractivity contribution in [2.24, 2.45) is 0 Å². The first-order chi connectivity index (χ1) is 30.2. The molecular weight excluding hydrogens is 803 g/mol. The smallest absolute Gasteiger partial charge is 0.274 e. The van der Waals surface area contributed by atoms with Gasteiger partial charge in [0, 0.05) is 103 Å². The van der Waals surface area contributed by atoms with Crippen LogP contribution in [0.2, 0.25) is 0 Å². The van der Waals surface area contributed by atoms with Gasteiger partial charge >= 0.3 is 0 Å². The summed E-state index contributed by atoms with van der Waals surface area (Å²) in [6.45, 7) is 8.35. The molecule has 328 valence electrons. The number of hydrogen-bond donors (Lipinski definition) is 6. The van der Waals surface area contributed by atoms with E-state index in [4.69, 9.17) is 0 Å². The van der Waals surface area contributed by atoms with Crippen molar-refractivity contribution in [3.8, 4) is 0 Å². The molecule has 18 nitrogen and oxygen atoms in total. The number of aliphatic hydroxyl groups excluding tert-OH is 2. The highest BCUT2D eigenvalue weighted by Crippen LogP contribution is 2.29. The Balaban J connectivity index is 0.000000186. The van der Waals surface area contributed by atoms with Gasteiger partial charge in [0.25, 0.3) is 11.8 Å². The number of carbonyl (C=O) groups excluding carboxylic acids is 2. The predicted molar refractivity (Wildman–Crippen MR) is 231 cm³/mol. The molecule has 10 rings (SSSR count). The van der Waals surface area contributed by atoms with E-state index in [1.165, 1.54) is 49.1 Å². The number of anilines is 6. The monoisotopic (exact) mass is 854 g/mol. The molecule has 6 aliphatic rings. The summed E-state index contributed by atoms with van der Waals surface area (Å²) in [6.07, 6.45) is 15.7. The highest BCUT2D eigenvalue weighted by Gasteiger charge is 2.23. The second-order valence-corrected chi connectivity index (χ2v) is 15.2. The minimum atomic E-state index is -0.594. The minimum Gasteiger partial charge on any atom is -0.391 e. The number of rotatable bonds is 0. The van der Waals surface area contributed by atoms with E-state index < -0.39 is 35.9 Å². The molecule has 10 heterocycles. The molecule has 0 spiro atoms. The molecule has 0 saturated carbocycles. The number of allylic oxidation sites excluding steroid dienone is 2. The predicted octanol–water partition coefficient (Wildman–Crippen LogP) is 3.02. The molecular formula is C42H52F2N14O4. The molecule has 2 saturated heterocycles. The van der Waals surface area contributed by atoms with E-state index in [0.29, 0.717) is 61.8 Å². The summed E-state index contributed by atoms with van der Waals surface area (Å²) >= 11 is 0. The minimum absolute atomic E-state index is 0.160. The van der Waals surface area contributed by atoms with E-state index in [-0.39, 0.29) is 36.4 Å². The zero-order chi connectivity index (χ0) is 43.3. The summed E-state index contributed by atoms with van der Waals surface area (Å²) < 4.78 is 27.8. The number of aliphatic hydroxyl groups is 2. The number of carbonyl (C=O) groups is 2. The van der Waals surface area contributed by atoms with E-state index >= 15 is 0 Å². The molecule has 6 aliphatic heterocycles. The van der Waals surface area contributed by atoms with Crippen molar-refractivity contribution in [1.82, 2.24) is 39.7 Å².